The van der Waals surface area contributed by atoms with Crippen molar-refractivity contribution in [3.05, 3.63) is 18.2 Å². The first-order valence-corrected chi connectivity index (χ1v) is 8.45. The summed E-state index contributed by atoms with van der Waals surface area (Å²) >= 11 is 0. The summed E-state index contributed by atoms with van der Waals surface area (Å²) in [5.41, 5.74) is -0.858. The number of carbonyl (C=O) groups excluding carboxylic acids is 1. The van der Waals surface area contributed by atoms with Gasteiger partial charge in [0.2, 0.25) is 0 Å². The lowest BCUT2D eigenvalue weighted by Crippen LogP contribution is -2.45. The summed E-state index contributed by atoms with van der Waals surface area (Å²) in [6, 6.07) is 4.57. The van der Waals surface area contributed by atoms with Crippen molar-refractivity contribution < 1.29 is 19.4 Å². The molecule has 136 valence electrons. The number of phenols is 1. The maximum absolute atomic E-state index is 13.0. The fraction of sp³-hybridized carbons (Fsp3) is 0.650. The van der Waals surface area contributed by atoms with E-state index < -0.39 is 5.41 Å². The highest BCUT2D eigenvalue weighted by Crippen LogP contribution is 2.48. The molecule has 0 radical (unpaired) electrons. The smallest absolute Gasteiger partial charge is 0.317 e. The molecule has 1 aromatic rings. The lowest BCUT2D eigenvalue weighted by molar-refractivity contribution is -0.154. The summed E-state index contributed by atoms with van der Waals surface area (Å²) in [6.07, 6.45) is 1.72. The monoisotopic (exact) mass is 336 g/mol. The van der Waals surface area contributed by atoms with Crippen LogP contribution in [0, 0.1) is 16.2 Å². The summed E-state index contributed by atoms with van der Waals surface area (Å²) in [4.78, 5) is 13.0. The Hall–Kier alpha value is -1.71. The van der Waals surface area contributed by atoms with Gasteiger partial charge in [-0.25, -0.2) is 0 Å². The molecule has 0 fully saturated rings. The third-order valence-corrected chi connectivity index (χ3v) is 5.26. The Bertz CT molecular complexity index is 584. The number of hydrogen-bond acceptors (Lipinski definition) is 4. The number of phenolic OH excluding ortho intramolecular Hbond substituents is 1. The van der Waals surface area contributed by atoms with E-state index in [1.165, 1.54) is 19.2 Å². The standard InChI is InChI=1S/C20H32O4/c1-9-19(5,6)13-20(7,18(2,3)4)17(22)24-14-10-11-15(21)16(12-14)23-8/h10-12,21H,9,13H2,1-8H3. The van der Waals surface area contributed by atoms with E-state index in [0.29, 0.717) is 5.75 Å². The minimum absolute atomic E-state index is 0.0167. The van der Waals surface area contributed by atoms with Crippen LogP contribution in [0.2, 0.25) is 0 Å². The van der Waals surface area contributed by atoms with Gasteiger partial charge in [-0.05, 0) is 36.3 Å². The summed E-state index contributed by atoms with van der Waals surface area (Å²) in [5, 5.41) is 9.68. The van der Waals surface area contributed by atoms with Crippen molar-refractivity contribution in [1.29, 1.82) is 0 Å². The van der Waals surface area contributed by atoms with Crippen LogP contribution < -0.4 is 9.47 Å². The molecule has 0 spiro atoms. The largest absolute Gasteiger partial charge is 0.504 e. The summed E-state index contributed by atoms with van der Waals surface area (Å²) in [7, 11) is 1.46. The molecule has 4 heteroatoms. The second-order valence-corrected chi connectivity index (χ2v) is 8.50. The number of ether oxygens (including phenoxy) is 2. The van der Waals surface area contributed by atoms with Gasteiger partial charge in [0.05, 0.1) is 12.5 Å². The molecule has 1 rings (SSSR count). The fourth-order valence-corrected chi connectivity index (χ4v) is 2.67. The minimum atomic E-state index is -0.641. The van der Waals surface area contributed by atoms with Gasteiger partial charge in [0, 0.05) is 6.07 Å². The van der Waals surface area contributed by atoms with Crippen LogP contribution in [0.15, 0.2) is 18.2 Å². The van der Waals surface area contributed by atoms with E-state index >= 15 is 0 Å². The third-order valence-electron chi connectivity index (χ3n) is 5.26. The Morgan fingerprint density at radius 2 is 1.71 bits per heavy atom. The molecule has 0 bridgehead atoms. The van der Waals surface area contributed by atoms with Gasteiger partial charge >= 0.3 is 5.97 Å². The molecule has 0 aromatic heterocycles. The molecule has 0 aliphatic heterocycles. The molecule has 1 atom stereocenters. The van der Waals surface area contributed by atoms with Gasteiger partial charge in [0.1, 0.15) is 5.75 Å². The Morgan fingerprint density at radius 3 is 2.17 bits per heavy atom. The van der Waals surface area contributed by atoms with Gasteiger partial charge in [-0.2, -0.15) is 0 Å². The topological polar surface area (TPSA) is 55.8 Å². The highest BCUT2D eigenvalue weighted by molar-refractivity contribution is 5.80. The van der Waals surface area contributed by atoms with Gasteiger partial charge < -0.3 is 14.6 Å². The van der Waals surface area contributed by atoms with Crippen LogP contribution >= 0.6 is 0 Å². The van der Waals surface area contributed by atoms with Crippen LogP contribution in [0.3, 0.4) is 0 Å². The lowest BCUT2D eigenvalue weighted by Gasteiger charge is -2.44. The number of benzene rings is 1. The zero-order valence-corrected chi connectivity index (χ0v) is 16.3. The molecule has 1 N–H and O–H groups in total. The molecule has 0 heterocycles. The number of carbonyl (C=O) groups is 1. The molecule has 0 aliphatic rings. The maximum atomic E-state index is 13.0. The van der Waals surface area contributed by atoms with E-state index in [4.69, 9.17) is 9.47 Å². The van der Waals surface area contributed by atoms with Crippen LogP contribution in [-0.4, -0.2) is 18.2 Å². The van der Waals surface area contributed by atoms with Gasteiger partial charge in [-0.3, -0.25) is 4.79 Å². The van der Waals surface area contributed by atoms with E-state index in [0.717, 1.165) is 12.8 Å². The maximum Gasteiger partial charge on any atom is 0.317 e. The predicted molar refractivity (Wildman–Crippen MR) is 96.5 cm³/mol. The van der Waals surface area contributed by atoms with Crippen LogP contribution in [0.1, 0.15) is 61.3 Å². The van der Waals surface area contributed by atoms with Crippen molar-refractivity contribution in [1.82, 2.24) is 0 Å². The predicted octanol–water partition coefficient (Wildman–Crippen LogP) is 5.18. The summed E-state index contributed by atoms with van der Waals surface area (Å²) in [5.74, 6) is 0.415. The van der Waals surface area contributed by atoms with E-state index in [1.807, 2.05) is 6.92 Å². The van der Waals surface area contributed by atoms with E-state index in [1.54, 1.807) is 6.07 Å². The van der Waals surface area contributed by atoms with E-state index in [-0.39, 0.29) is 28.3 Å². The van der Waals surface area contributed by atoms with E-state index in [2.05, 4.69) is 41.5 Å². The van der Waals surface area contributed by atoms with Crippen LogP contribution in [0.25, 0.3) is 0 Å². The first kappa shape index (κ1) is 20.3. The van der Waals surface area contributed by atoms with Gasteiger partial charge in [-0.1, -0.05) is 48.0 Å². The average Bonchev–Trinajstić information content (AvgIpc) is 2.47. The highest BCUT2D eigenvalue weighted by Gasteiger charge is 2.48. The Kier molecular flexibility index (Phi) is 5.96. The Balaban J connectivity index is 3.14. The van der Waals surface area contributed by atoms with Gasteiger partial charge in [-0.15, -0.1) is 0 Å². The number of esters is 1. The van der Waals surface area contributed by atoms with Gasteiger partial charge in [0.15, 0.2) is 11.5 Å². The van der Waals surface area contributed by atoms with Crippen LogP contribution in [-0.2, 0) is 4.79 Å². The first-order chi connectivity index (χ1) is 10.9. The van der Waals surface area contributed by atoms with E-state index in [9.17, 15) is 9.90 Å². The molecule has 0 saturated carbocycles. The van der Waals surface area contributed by atoms with Crippen LogP contribution in [0.4, 0.5) is 0 Å². The van der Waals surface area contributed by atoms with Crippen molar-refractivity contribution in [3.63, 3.8) is 0 Å². The Labute approximate surface area is 146 Å². The number of aromatic hydroxyl groups is 1. The zero-order chi connectivity index (χ0) is 18.8. The Morgan fingerprint density at radius 1 is 1.12 bits per heavy atom. The minimum Gasteiger partial charge on any atom is -0.504 e. The fourth-order valence-electron chi connectivity index (χ4n) is 2.67. The number of hydrogen-bond donors (Lipinski definition) is 1. The average molecular weight is 336 g/mol. The van der Waals surface area contributed by atoms with Crippen molar-refractivity contribution in [2.75, 3.05) is 7.11 Å². The number of rotatable bonds is 6. The van der Waals surface area contributed by atoms with Crippen molar-refractivity contribution >= 4 is 5.97 Å². The van der Waals surface area contributed by atoms with Gasteiger partial charge in [0.25, 0.3) is 0 Å². The normalized spacial score (nSPS) is 14.8. The number of methoxy groups -OCH3 is 1. The van der Waals surface area contributed by atoms with Crippen LogP contribution in [0.5, 0.6) is 17.2 Å². The molecule has 0 aliphatic carbocycles. The highest BCUT2D eigenvalue weighted by atomic mass is 16.5. The third kappa shape index (κ3) is 4.43. The first-order valence-electron chi connectivity index (χ1n) is 8.45. The second kappa shape index (κ2) is 7.04. The molecular formula is C20H32O4. The molecule has 1 unspecified atom stereocenters. The summed E-state index contributed by atoms with van der Waals surface area (Å²) in [6.45, 7) is 14.7. The van der Waals surface area contributed by atoms with Crippen molar-refractivity contribution in [3.8, 4) is 17.2 Å². The quantitative estimate of drug-likeness (QED) is 0.574. The summed E-state index contributed by atoms with van der Waals surface area (Å²) < 4.78 is 10.7. The van der Waals surface area contributed by atoms with Crippen molar-refractivity contribution in [2.45, 2.75) is 61.3 Å². The molecule has 0 amide bonds. The zero-order valence-electron chi connectivity index (χ0n) is 16.3. The SMILES string of the molecule is CCC(C)(C)CC(C)(C(=O)Oc1ccc(O)c(OC)c1)C(C)(C)C. The lowest BCUT2D eigenvalue weighted by atomic mass is 9.60. The second-order valence-electron chi connectivity index (χ2n) is 8.50. The molecule has 1 aromatic carbocycles. The molecule has 4 nitrogen and oxygen atoms in total. The molecule has 0 saturated heterocycles. The molecular weight excluding hydrogens is 304 g/mol. The molecule has 24 heavy (non-hydrogen) atoms. The van der Waals surface area contributed by atoms with Crippen molar-refractivity contribution in [2.24, 2.45) is 16.2 Å².